The van der Waals surface area contributed by atoms with Crippen LogP contribution in [0.2, 0.25) is 0 Å². The molecule has 1 aromatic carbocycles. The first-order valence-corrected chi connectivity index (χ1v) is 12.3. The van der Waals surface area contributed by atoms with Crippen molar-refractivity contribution in [1.82, 2.24) is 15.1 Å². The highest BCUT2D eigenvalue weighted by Crippen LogP contribution is 2.37. The molecule has 0 saturated carbocycles. The Kier molecular flexibility index (Phi) is 11.7. The first kappa shape index (κ1) is 27.8. The Hall–Kier alpha value is -3.48. The molecule has 3 aromatic rings. The first-order valence-electron chi connectivity index (χ1n) is 11.5. The van der Waals surface area contributed by atoms with E-state index in [1.165, 1.54) is 21.7 Å². The van der Waals surface area contributed by atoms with Gasteiger partial charge in [0.25, 0.3) is 6.47 Å². The van der Waals surface area contributed by atoms with Gasteiger partial charge in [-0.05, 0) is 42.4 Å². The predicted molar refractivity (Wildman–Crippen MR) is 139 cm³/mol. The molecule has 2 unspecified atom stereocenters. The maximum Gasteiger partial charge on any atom is 0.290 e. The minimum absolute atomic E-state index is 0.250. The fourth-order valence-corrected chi connectivity index (χ4v) is 5.17. The molecule has 0 spiro atoms. The Morgan fingerprint density at radius 3 is 2.60 bits per heavy atom. The average Bonchev–Trinajstić information content (AvgIpc) is 3.46. The van der Waals surface area contributed by atoms with Gasteiger partial charge in [0.1, 0.15) is 17.4 Å². The Labute approximate surface area is 210 Å². The smallest absolute Gasteiger partial charge is 0.290 e. The number of carbonyl (C=O) groups excluding carboxylic acids is 1. The molecule has 1 aliphatic rings. The standard InChI is InChI=1S/C15H19N5S.C10H12O.CH2O2/c1-17-15-13(8-16)12-4-3-10(7-14(12)21-15)18-9-11-5-6-19-20(11)2;1-9(7-8-11)10-5-3-2-4-6-10;2-1-3/h5-6,10,17-18H,3-4,7,9H2,1-2H3;2-6,8-9H,7H2,1H3;1H,(H,2,3). The number of aromatic nitrogens is 2. The molecule has 9 heteroatoms. The predicted octanol–water partition coefficient (Wildman–Crippen LogP) is 4.12. The van der Waals surface area contributed by atoms with Gasteiger partial charge in [-0.1, -0.05) is 37.3 Å². The van der Waals surface area contributed by atoms with Crippen LogP contribution in [0.1, 0.15) is 52.9 Å². The van der Waals surface area contributed by atoms with E-state index in [9.17, 15) is 10.1 Å². The van der Waals surface area contributed by atoms with E-state index in [0.717, 1.165) is 42.7 Å². The third kappa shape index (κ3) is 8.05. The molecule has 0 amide bonds. The molecule has 0 aliphatic heterocycles. The second kappa shape index (κ2) is 14.7. The highest BCUT2D eigenvalue weighted by molar-refractivity contribution is 7.16. The molecule has 8 nitrogen and oxygen atoms in total. The summed E-state index contributed by atoms with van der Waals surface area (Å²) in [5.41, 5.74) is 4.54. The summed E-state index contributed by atoms with van der Waals surface area (Å²) < 4.78 is 1.90. The zero-order chi connectivity index (χ0) is 25.6. The third-order valence-electron chi connectivity index (χ3n) is 5.92. The summed E-state index contributed by atoms with van der Waals surface area (Å²) in [6, 6.07) is 14.9. The van der Waals surface area contributed by atoms with E-state index < -0.39 is 0 Å². The van der Waals surface area contributed by atoms with Crippen LogP contribution in [0.4, 0.5) is 5.00 Å². The fourth-order valence-electron chi connectivity index (χ4n) is 3.94. The number of hydrogen-bond acceptors (Lipinski definition) is 7. The summed E-state index contributed by atoms with van der Waals surface area (Å²) in [6.45, 7) is 2.65. The lowest BCUT2D eigenvalue weighted by Gasteiger charge is -2.23. The lowest BCUT2D eigenvalue weighted by atomic mass is 9.92. The number of carbonyl (C=O) groups is 2. The van der Waals surface area contributed by atoms with Crippen molar-refractivity contribution in [2.45, 2.75) is 51.1 Å². The van der Waals surface area contributed by atoms with Crippen molar-refractivity contribution in [3.8, 4) is 6.07 Å². The van der Waals surface area contributed by atoms with E-state index in [2.05, 4.69) is 28.7 Å². The van der Waals surface area contributed by atoms with Gasteiger partial charge >= 0.3 is 0 Å². The van der Waals surface area contributed by atoms with Crippen LogP contribution < -0.4 is 10.6 Å². The van der Waals surface area contributed by atoms with E-state index >= 15 is 0 Å². The molecule has 0 saturated heterocycles. The monoisotopic (exact) mass is 495 g/mol. The maximum absolute atomic E-state index is 10.2. The first-order chi connectivity index (χ1) is 17.0. The lowest BCUT2D eigenvalue weighted by Crippen LogP contribution is -2.34. The number of hydrogen-bond donors (Lipinski definition) is 3. The number of aryl methyl sites for hydroxylation is 1. The second-order valence-corrected chi connectivity index (χ2v) is 9.26. The molecule has 2 aromatic heterocycles. The van der Waals surface area contributed by atoms with Gasteiger partial charge in [-0.2, -0.15) is 10.4 Å². The molecule has 0 radical (unpaired) electrons. The van der Waals surface area contributed by atoms with Gasteiger partial charge < -0.3 is 20.5 Å². The molecule has 1 aliphatic carbocycles. The molecule has 0 fully saturated rings. The summed E-state index contributed by atoms with van der Waals surface area (Å²) in [4.78, 5) is 19.9. The van der Waals surface area contributed by atoms with E-state index in [-0.39, 0.29) is 6.47 Å². The van der Waals surface area contributed by atoms with Crippen molar-refractivity contribution in [1.29, 1.82) is 5.26 Å². The second-order valence-electron chi connectivity index (χ2n) is 8.16. The topological polar surface area (TPSA) is 120 Å². The molecule has 0 bridgehead atoms. The molecule has 2 heterocycles. The molecular formula is C26H33N5O3S. The summed E-state index contributed by atoms with van der Waals surface area (Å²) in [5.74, 6) is 0.355. The lowest BCUT2D eigenvalue weighted by molar-refractivity contribution is -0.122. The van der Waals surface area contributed by atoms with Gasteiger partial charge in [-0.15, -0.1) is 11.3 Å². The van der Waals surface area contributed by atoms with Crippen molar-refractivity contribution in [3.63, 3.8) is 0 Å². The average molecular weight is 496 g/mol. The van der Waals surface area contributed by atoms with Crippen LogP contribution in [0.25, 0.3) is 0 Å². The molecular weight excluding hydrogens is 462 g/mol. The van der Waals surface area contributed by atoms with Crippen molar-refractivity contribution in [2.75, 3.05) is 12.4 Å². The zero-order valence-electron chi connectivity index (χ0n) is 20.4. The van der Waals surface area contributed by atoms with Gasteiger partial charge in [0.05, 0.1) is 11.3 Å². The number of carboxylic acid groups (broad SMARTS) is 1. The summed E-state index contributed by atoms with van der Waals surface area (Å²) in [7, 11) is 3.85. The van der Waals surface area contributed by atoms with Crippen LogP contribution in [0.5, 0.6) is 0 Å². The van der Waals surface area contributed by atoms with Gasteiger partial charge in [0.15, 0.2) is 0 Å². The SMILES string of the molecule is CC(CC=O)c1ccccc1.CNc1sc2c(c1C#N)CCC(NCc1ccnn1C)C2.O=CO. The summed E-state index contributed by atoms with van der Waals surface area (Å²) >= 11 is 1.73. The number of rotatable bonds is 7. The summed E-state index contributed by atoms with van der Waals surface area (Å²) in [5, 5.41) is 28.2. The number of thiophene rings is 1. The van der Waals surface area contributed by atoms with Crippen LogP contribution >= 0.6 is 11.3 Å². The van der Waals surface area contributed by atoms with E-state index in [4.69, 9.17) is 9.90 Å². The number of nitrogens with zero attached hydrogens (tertiary/aromatic N) is 3. The largest absolute Gasteiger partial charge is 0.483 e. The van der Waals surface area contributed by atoms with Gasteiger partial charge in [0, 0.05) is 44.2 Å². The Morgan fingerprint density at radius 1 is 1.31 bits per heavy atom. The van der Waals surface area contributed by atoms with E-state index in [1.54, 1.807) is 11.3 Å². The highest BCUT2D eigenvalue weighted by atomic mass is 32.1. The van der Waals surface area contributed by atoms with Crippen molar-refractivity contribution < 1.29 is 14.7 Å². The van der Waals surface area contributed by atoms with E-state index in [0.29, 0.717) is 18.4 Å². The number of benzene rings is 1. The molecule has 3 N–H and O–H groups in total. The quantitative estimate of drug-likeness (QED) is 0.422. The minimum atomic E-state index is -0.250. The van der Waals surface area contributed by atoms with Crippen LogP contribution in [-0.2, 0) is 36.0 Å². The molecule has 2 atom stereocenters. The summed E-state index contributed by atoms with van der Waals surface area (Å²) in [6.07, 6.45) is 6.49. The normalized spacial score (nSPS) is 14.6. The zero-order valence-corrected chi connectivity index (χ0v) is 21.2. The van der Waals surface area contributed by atoms with Crippen LogP contribution in [0, 0.1) is 11.3 Å². The number of anilines is 1. The molecule has 35 heavy (non-hydrogen) atoms. The minimum Gasteiger partial charge on any atom is -0.483 e. The van der Waals surface area contributed by atoms with Crippen molar-refractivity contribution in [2.24, 2.45) is 7.05 Å². The molecule has 4 rings (SSSR count). The number of fused-ring (bicyclic) bond motifs is 1. The van der Waals surface area contributed by atoms with Gasteiger partial charge in [0.2, 0.25) is 0 Å². The number of aldehydes is 1. The fraction of sp³-hybridized carbons (Fsp3) is 0.385. The third-order valence-corrected chi connectivity index (χ3v) is 7.19. The number of nitrogens with one attached hydrogen (secondary N) is 2. The Balaban J connectivity index is 0.000000260. The van der Waals surface area contributed by atoms with Crippen LogP contribution in [0.15, 0.2) is 42.6 Å². The van der Waals surface area contributed by atoms with Gasteiger partial charge in [-0.3, -0.25) is 9.48 Å². The van der Waals surface area contributed by atoms with Crippen LogP contribution in [-0.4, -0.2) is 40.7 Å². The number of nitriles is 1. The maximum atomic E-state index is 10.2. The van der Waals surface area contributed by atoms with Crippen molar-refractivity contribution in [3.05, 3.63) is 69.9 Å². The van der Waals surface area contributed by atoms with Gasteiger partial charge in [-0.25, -0.2) is 0 Å². The molecule has 186 valence electrons. The Bertz CT molecular complexity index is 1100. The highest BCUT2D eigenvalue weighted by Gasteiger charge is 2.25. The van der Waals surface area contributed by atoms with E-state index in [1.807, 2.05) is 61.4 Å². The Morgan fingerprint density at radius 2 is 2.03 bits per heavy atom. The van der Waals surface area contributed by atoms with Crippen molar-refractivity contribution >= 4 is 29.1 Å². The van der Waals surface area contributed by atoms with Crippen LogP contribution in [0.3, 0.4) is 0 Å².